The molecule has 1 atom stereocenters. The third-order valence-electron chi connectivity index (χ3n) is 2.81. The zero-order chi connectivity index (χ0) is 13.0. The van der Waals surface area contributed by atoms with Crippen LogP contribution in [-0.2, 0) is 0 Å². The van der Waals surface area contributed by atoms with E-state index in [-0.39, 0.29) is 11.9 Å². The second-order valence-corrected chi connectivity index (χ2v) is 5.32. The Morgan fingerprint density at radius 2 is 1.89 bits per heavy atom. The molecule has 0 amide bonds. The normalized spacial score (nSPS) is 12.4. The minimum atomic E-state index is -0.226. The topological polar surface area (TPSA) is 26.0 Å². The van der Waals surface area contributed by atoms with Crippen molar-refractivity contribution >= 4 is 11.8 Å². The van der Waals surface area contributed by atoms with Gasteiger partial charge in [0.15, 0.2) is 0 Å². The molecule has 94 valence electrons. The highest BCUT2D eigenvalue weighted by Gasteiger charge is 2.10. The zero-order valence-corrected chi connectivity index (χ0v) is 11.1. The van der Waals surface area contributed by atoms with Gasteiger partial charge in [0.05, 0.1) is 0 Å². The molecular weight excluding hydrogens is 245 g/mol. The van der Waals surface area contributed by atoms with E-state index in [0.29, 0.717) is 0 Å². The van der Waals surface area contributed by atoms with Crippen molar-refractivity contribution in [1.82, 2.24) is 0 Å². The Labute approximate surface area is 111 Å². The summed E-state index contributed by atoms with van der Waals surface area (Å²) in [6, 6.07) is 14.7. The number of aryl methyl sites for hydroxylation is 1. The van der Waals surface area contributed by atoms with Crippen LogP contribution in [0.5, 0.6) is 0 Å². The SMILES string of the molecule is Cc1ccc(F)cc1C(N)CSc1ccccc1. The lowest BCUT2D eigenvalue weighted by Gasteiger charge is -2.14. The Morgan fingerprint density at radius 3 is 2.61 bits per heavy atom. The van der Waals surface area contributed by atoms with Crippen LogP contribution in [-0.4, -0.2) is 5.75 Å². The van der Waals surface area contributed by atoms with E-state index >= 15 is 0 Å². The molecule has 0 spiro atoms. The van der Waals surface area contributed by atoms with Gasteiger partial charge in [0.2, 0.25) is 0 Å². The molecule has 18 heavy (non-hydrogen) atoms. The van der Waals surface area contributed by atoms with E-state index in [1.165, 1.54) is 17.0 Å². The predicted octanol–water partition coefficient (Wildman–Crippen LogP) is 3.93. The van der Waals surface area contributed by atoms with E-state index in [9.17, 15) is 4.39 Å². The smallest absolute Gasteiger partial charge is 0.123 e. The summed E-state index contributed by atoms with van der Waals surface area (Å²) < 4.78 is 13.2. The van der Waals surface area contributed by atoms with Crippen LogP contribution in [0.4, 0.5) is 4.39 Å². The Hall–Kier alpha value is -1.32. The molecular formula is C15H16FNS. The molecule has 0 saturated heterocycles. The first-order valence-electron chi connectivity index (χ1n) is 5.86. The number of thioether (sulfide) groups is 1. The van der Waals surface area contributed by atoms with Gasteiger partial charge < -0.3 is 5.73 Å². The molecule has 0 bridgehead atoms. The zero-order valence-electron chi connectivity index (χ0n) is 10.3. The third-order valence-corrected chi connectivity index (χ3v) is 3.94. The van der Waals surface area contributed by atoms with Crippen LogP contribution >= 0.6 is 11.8 Å². The fourth-order valence-corrected chi connectivity index (χ4v) is 2.70. The summed E-state index contributed by atoms with van der Waals surface area (Å²) in [5.74, 6) is 0.518. The lowest BCUT2D eigenvalue weighted by molar-refractivity contribution is 0.621. The summed E-state index contributed by atoms with van der Waals surface area (Å²) >= 11 is 1.69. The molecule has 0 aliphatic carbocycles. The maximum atomic E-state index is 13.2. The van der Waals surface area contributed by atoms with Crippen molar-refractivity contribution in [2.45, 2.75) is 17.9 Å². The van der Waals surface area contributed by atoms with Gasteiger partial charge in [0, 0.05) is 16.7 Å². The molecule has 0 heterocycles. The van der Waals surface area contributed by atoms with Gasteiger partial charge in [-0.25, -0.2) is 4.39 Å². The molecule has 2 aromatic rings. The highest BCUT2D eigenvalue weighted by Crippen LogP contribution is 2.25. The summed E-state index contributed by atoms with van der Waals surface area (Å²) in [7, 11) is 0. The second kappa shape index (κ2) is 6.03. The minimum absolute atomic E-state index is 0.147. The molecule has 0 aromatic heterocycles. The summed E-state index contributed by atoms with van der Waals surface area (Å²) in [6.07, 6.45) is 0. The molecule has 0 radical (unpaired) electrons. The Kier molecular flexibility index (Phi) is 4.39. The largest absolute Gasteiger partial charge is 0.323 e. The summed E-state index contributed by atoms with van der Waals surface area (Å²) in [4.78, 5) is 1.18. The van der Waals surface area contributed by atoms with E-state index < -0.39 is 0 Å². The molecule has 2 rings (SSSR count). The first-order chi connectivity index (χ1) is 8.66. The highest BCUT2D eigenvalue weighted by molar-refractivity contribution is 7.99. The predicted molar refractivity (Wildman–Crippen MR) is 75.2 cm³/mol. The number of halogens is 1. The lowest BCUT2D eigenvalue weighted by Crippen LogP contribution is -2.14. The van der Waals surface area contributed by atoms with Gasteiger partial charge in [0.1, 0.15) is 5.82 Å². The van der Waals surface area contributed by atoms with Gasteiger partial charge in [-0.1, -0.05) is 24.3 Å². The Balaban J connectivity index is 2.03. The molecule has 1 unspecified atom stereocenters. The van der Waals surface area contributed by atoms with Gasteiger partial charge in [-0.3, -0.25) is 0 Å². The standard InChI is InChI=1S/C15H16FNS/c1-11-7-8-12(16)9-14(11)15(17)10-18-13-5-3-2-4-6-13/h2-9,15H,10,17H2,1H3. The lowest BCUT2D eigenvalue weighted by atomic mass is 10.0. The van der Waals surface area contributed by atoms with Crippen molar-refractivity contribution in [3.8, 4) is 0 Å². The van der Waals surface area contributed by atoms with E-state index in [2.05, 4.69) is 12.1 Å². The molecule has 0 aliphatic rings. The third kappa shape index (κ3) is 3.34. The van der Waals surface area contributed by atoms with Crippen LogP contribution in [0.1, 0.15) is 17.2 Å². The quantitative estimate of drug-likeness (QED) is 0.844. The fraction of sp³-hybridized carbons (Fsp3) is 0.200. The van der Waals surface area contributed by atoms with E-state index in [1.807, 2.05) is 25.1 Å². The minimum Gasteiger partial charge on any atom is -0.323 e. The summed E-state index contributed by atoms with van der Waals surface area (Å²) in [6.45, 7) is 1.96. The van der Waals surface area contributed by atoms with Crippen LogP contribution < -0.4 is 5.73 Å². The summed E-state index contributed by atoms with van der Waals surface area (Å²) in [5.41, 5.74) is 8.05. The number of nitrogens with two attached hydrogens (primary N) is 1. The molecule has 1 nitrogen and oxygen atoms in total. The van der Waals surface area contributed by atoms with E-state index in [0.717, 1.165) is 16.9 Å². The van der Waals surface area contributed by atoms with Crippen LogP contribution in [0.2, 0.25) is 0 Å². The number of hydrogen-bond acceptors (Lipinski definition) is 2. The maximum absolute atomic E-state index is 13.2. The second-order valence-electron chi connectivity index (χ2n) is 4.23. The average molecular weight is 261 g/mol. The molecule has 2 N–H and O–H groups in total. The maximum Gasteiger partial charge on any atom is 0.123 e. The molecule has 0 saturated carbocycles. The van der Waals surface area contributed by atoms with Crippen LogP contribution in [0.25, 0.3) is 0 Å². The number of benzene rings is 2. The average Bonchev–Trinajstić information content (AvgIpc) is 2.40. The molecule has 2 aromatic carbocycles. The first-order valence-corrected chi connectivity index (χ1v) is 6.85. The monoisotopic (exact) mass is 261 g/mol. The van der Waals surface area contributed by atoms with Crippen molar-refractivity contribution in [1.29, 1.82) is 0 Å². The van der Waals surface area contributed by atoms with Crippen molar-refractivity contribution < 1.29 is 4.39 Å². The Morgan fingerprint density at radius 1 is 1.17 bits per heavy atom. The van der Waals surface area contributed by atoms with E-state index in [1.54, 1.807) is 17.8 Å². The van der Waals surface area contributed by atoms with Crippen molar-refractivity contribution in [2.75, 3.05) is 5.75 Å². The van der Waals surface area contributed by atoms with Crippen molar-refractivity contribution in [3.05, 3.63) is 65.5 Å². The van der Waals surface area contributed by atoms with E-state index in [4.69, 9.17) is 5.73 Å². The fourth-order valence-electron chi connectivity index (χ4n) is 1.80. The van der Waals surface area contributed by atoms with Gasteiger partial charge in [-0.05, 0) is 42.3 Å². The van der Waals surface area contributed by atoms with Gasteiger partial charge in [0.25, 0.3) is 0 Å². The van der Waals surface area contributed by atoms with Crippen molar-refractivity contribution in [2.24, 2.45) is 5.73 Å². The molecule has 0 fully saturated rings. The van der Waals surface area contributed by atoms with Gasteiger partial charge in [-0.15, -0.1) is 11.8 Å². The van der Waals surface area contributed by atoms with Crippen LogP contribution in [0.3, 0.4) is 0 Å². The molecule has 0 aliphatic heterocycles. The van der Waals surface area contributed by atoms with Gasteiger partial charge >= 0.3 is 0 Å². The number of hydrogen-bond donors (Lipinski definition) is 1. The molecule has 3 heteroatoms. The Bertz CT molecular complexity index is 513. The highest BCUT2D eigenvalue weighted by atomic mass is 32.2. The number of rotatable bonds is 4. The van der Waals surface area contributed by atoms with Crippen LogP contribution in [0.15, 0.2) is 53.4 Å². The van der Waals surface area contributed by atoms with Crippen LogP contribution in [0, 0.1) is 12.7 Å². The van der Waals surface area contributed by atoms with Crippen molar-refractivity contribution in [3.63, 3.8) is 0 Å². The van der Waals surface area contributed by atoms with Gasteiger partial charge in [-0.2, -0.15) is 0 Å². The summed E-state index contributed by atoms with van der Waals surface area (Å²) in [5, 5.41) is 0. The first kappa shape index (κ1) is 13.1.